The largest absolute Gasteiger partial charge is 0.309 e. The Bertz CT molecular complexity index is 294. The highest BCUT2D eigenvalue weighted by molar-refractivity contribution is 5.99. The number of hydrogen-bond acceptors (Lipinski definition) is 2. The number of nitrogens with zero attached hydrogens (tertiary/aromatic N) is 1. The van der Waals surface area contributed by atoms with Crippen molar-refractivity contribution >= 4 is 5.78 Å². The van der Waals surface area contributed by atoms with Gasteiger partial charge in [-0.3, -0.25) is 4.79 Å². The zero-order valence-electron chi connectivity index (χ0n) is 13.1. The molecule has 0 radical (unpaired) electrons. The number of rotatable bonds is 9. The fraction of sp³-hybridized carbons (Fsp3) is 0.824. The fourth-order valence-corrected chi connectivity index (χ4v) is 2.86. The van der Waals surface area contributed by atoms with Crippen LogP contribution >= 0.6 is 0 Å². The summed E-state index contributed by atoms with van der Waals surface area (Å²) in [5, 5.41) is 0. The van der Waals surface area contributed by atoms with Crippen molar-refractivity contribution in [2.45, 2.75) is 64.7 Å². The lowest BCUT2D eigenvalue weighted by Gasteiger charge is -2.13. The van der Waals surface area contributed by atoms with E-state index < -0.39 is 0 Å². The van der Waals surface area contributed by atoms with E-state index in [1.165, 1.54) is 38.5 Å². The summed E-state index contributed by atoms with van der Waals surface area (Å²) in [6, 6.07) is 0. The van der Waals surface area contributed by atoms with Crippen LogP contribution in [0.15, 0.2) is 11.6 Å². The standard InChI is InChI=1S/C17H31NO/c1-4-5-6-7-8-9-10-11-15-12-13-16(17(15)19)14-18(2)3/h11,16H,4-10,12-14H2,1-3H3/b15-11-. The van der Waals surface area contributed by atoms with Crippen LogP contribution in [0.2, 0.25) is 0 Å². The fourth-order valence-electron chi connectivity index (χ4n) is 2.86. The Morgan fingerprint density at radius 2 is 1.84 bits per heavy atom. The predicted molar refractivity (Wildman–Crippen MR) is 82.4 cm³/mol. The molecule has 0 N–H and O–H groups in total. The molecule has 1 aliphatic rings. The van der Waals surface area contributed by atoms with Gasteiger partial charge >= 0.3 is 0 Å². The van der Waals surface area contributed by atoms with Crippen LogP contribution in [0.4, 0.5) is 0 Å². The van der Waals surface area contributed by atoms with E-state index in [2.05, 4.69) is 17.9 Å². The molecule has 2 heteroatoms. The van der Waals surface area contributed by atoms with Gasteiger partial charge in [-0.2, -0.15) is 0 Å². The van der Waals surface area contributed by atoms with Crippen LogP contribution < -0.4 is 0 Å². The first-order valence-corrected chi connectivity index (χ1v) is 8.03. The smallest absolute Gasteiger partial charge is 0.162 e. The summed E-state index contributed by atoms with van der Waals surface area (Å²) in [4.78, 5) is 14.3. The van der Waals surface area contributed by atoms with Crippen LogP contribution in [0.1, 0.15) is 64.7 Å². The molecule has 110 valence electrons. The average Bonchev–Trinajstić information content (AvgIpc) is 2.70. The average molecular weight is 265 g/mol. The van der Waals surface area contributed by atoms with Crippen molar-refractivity contribution in [1.82, 2.24) is 4.90 Å². The Kier molecular flexibility index (Phi) is 8.04. The van der Waals surface area contributed by atoms with Crippen LogP contribution in [-0.2, 0) is 4.79 Å². The summed E-state index contributed by atoms with van der Waals surface area (Å²) in [6.07, 6.45) is 13.4. The van der Waals surface area contributed by atoms with Crippen molar-refractivity contribution in [1.29, 1.82) is 0 Å². The van der Waals surface area contributed by atoms with E-state index in [0.717, 1.165) is 31.4 Å². The molecular weight excluding hydrogens is 234 g/mol. The first kappa shape index (κ1) is 16.4. The first-order chi connectivity index (χ1) is 9.15. The molecule has 0 spiro atoms. The molecule has 1 saturated carbocycles. The van der Waals surface area contributed by atoms with Gasteiger partial charge in [0.05, 0.1) is 0 Å². The Morgan fingerprint density at radius 3 is 2.53 bits per heavy atom. The molecule has 1 unspecified atom stereocenters. The van der Waals surface area contributed by atoms with Crippen LogP contribution in [0.25, 0.3) is 0 Å². The topological polar surface area (TPSA) is 20.3 Å². The maximum atomic E-state index is 12.2. The van der Waals surface area contributed by atoms with Gasteiger partial charge in [0.1, 0.15) is 0 Å². The number of allylic oxidation sites excluding steroid dienone is 2. The summed E-state index contributed by atoms with van der Waals surface area (Å²) < 4.78 is 0. The second-order valence-corrected chi connectivity index (χ2v) is 6.15. The van der Waals surface area contributed by atoms with E-state index in [4.69, 9.17) is 0 Å². The lowest BCUT2D eigenvalue weighted by atomic mass is 10.0. The van der Waals surface area contributed by atoms with Crippen LogP contribution in [-0.4, -0.2) is 31.3 Å². The summed E-state index contributed by atoms with van der Waals surface area (Å²) in [6.45, 7) is 3.16. The van der Waals surface area contributed by atoms with E-state index >= 15 is 0 Å². The Morgan fingerprint density at radius 1 is 1.16 bits per heavy atom. The molecule has 0 aromatic carbocycles. The zero-order valence-corrected chi connectivity index (χ0v) is 13.1. The summed E-state index contributed by atoms with van der Waals surface area (Å²) in [5.41, 5.74) is 1.11. The lowest BCUT2D eigenvalue weighted by molar-refractivity contribution is -0.118. The minimum atomic E-state index is 0.255. The Hall–Kier alpha value is -0.630. The van der Waals surface area contributed by atoms with E-state index in [9.17, 15) is 4.79 Å². The molecule has 0 saturated heterocycles. The Labute approximate surface area is 119 Å². The second-order valence-electron chi connectivity index (χ2n) is 6.15. The predicted octanol–water partition coefficient (Wildman–Crippen LogP) is 4.20. The second kappa shape index (κ2) is 9.30. The molecule has 0 aromatic rings. The van der Waals surface area contributed by atoms with Gasteiger partial charge in [0.2, 0.25) is 0 Å². The van der Waals surface area contributed by atoms with E-state index in [-0.39, 0.29) is 5.92 Å². The third-order valence-corrected chi connectivity index (χ3v) is 3.98. The highest BCUT2D eigenvalue weighted by Gasteiger charge is 2.28. The third-order valence-electron chi connectivity index (χ3n) is 3.98. The van der Waals surface area contributed by atoms with Gasteiger partial charge in [0, 0.05) is 12.5 Å². The van der Waals surface area contributed by atoms with Crippen molar-refractivity contribution in [3.05, 3.63) is 11.6 Å². The quantitative estimate of drug-likeness (QED) is 0.460. The number of ketones is 1. The Balaban J connectivity index is 2.18. The SMILES string of the molecule is CCCCCCCC/C=C1/CCC(CN(C)C)C1=O. The molecular formula is C17H31NO. The maximum absolute atomic E-state index is 12.2. The van der Waals surface area contributed by atoms with Gasteiger partial charge in [-0.15, -0.1) is 0 Å². The molecule has 0 aromatic heterocycles. The summed E-state index contributed by atoms with van der Waals surface area (Å²) in [5.74, 6) is 0.672. The minimum absolute atomic E-state index is 0.255. The molecule has 0 bridgehead atoms. The van der Waals surface area contributed by atoms with Gasteiger partial charge in [0.15, 0.2) is 5.78 Å². The van der Waals surface area contributed by atoms with Gasteiger partial charge in [-0.05, 0) is 45.4 Å². The van der Waals surface area contributed by atoms with Gasteiger partial charge in [0.25, 0.3) is 0 Å². The number of carbonyl (C=O) groups is 1. The molecule has 1 aliphatic carbocycles. The van der Waals surface area contributed by atoms with Crippen molar-refractivity contribution in [2.24, 2.45) is 5.92 Å². The van der Waals surface area contributed by atoms with Crippen LogP contribution in [0, 0.1) is 5.92 Å². The summed E-state index contributed by atoms with van der Waals surface area (Å²) >= 11 is 0. The molecule has 1 atom stereocenters. The molecule has 2 nitrogen and oxygen atoms in total. The van der Waals surface area contributed by atoms with Crippen LogP contribution in [0.3, 0.4) is 0 Å². The number of Topliss-reactive ketones (excluding diaryl/α,β-unsaturated/α-hetero) is 1. The lowest BCUT2D eigenvalue weighted by Crippen LogP contribution is -2.24. The molecule has 0 amide bonds. The van der Waals surface area contributed by atoms with E-state index in [1.54, 1.807) is 0 Å². The van der Waals surface area contributed by atoms with Crippen LogP contribution in [0.5, 0.6) is 0 Å². The monoisotopic (exact) mass is 265 g/mol. The summed E-state index contributed by atoms with van der Waals surface area (Å²) in [7, 11) is 4.09. The highest BCUT2D eigenvalue weighted by atomic mass is 16.1. The third kappa shape index (κ3) is 6.38. The normalized spacial score (nSPS) is 21.8. The van der Waals surface area contributed by atoms with Crippen molar-refractivity contribution < 1.29 is 4.79 Å². The maximum Gasteiger partial charge on any atom is 0.162 e. The van der Waals surface area contributed by atoms with Crippen molar-refractivity contribution in [2.75, 3.05) is 20.6 Å². The van der Waals surface area contributed by atoms with Crippen molar-refractivity contribution in [3.8, 4) is 0 Å². The van der Waals surface area contributed by atoms with E-state index in [0.29, 0.717) is 5.78 Å². The molecule has 0 aliphatic heterocycles. The van der Waals surface area contributed by atoms with Gasteiger partial charge in [-0.1, -0.05) is 45.1 Å². The first-order valence-electron chi connectivity index (χ1n) is 8.03. The molecule has 1 fully saturated rings. The van der Waals surface area contributed by atoms with Gasteiger partial charge < -0.3 is 4.90 Å². The minimum Gasteiger partial charge on any atom is -0.309 e. The molecule has 19 heavy (non-hydrogen) atoms. The number of unbranched alkanes of at least 4 members (excludes halogenated alkanes) is 6. The molecule has 1 rings (SSSR count). The molecule has 0 heterocycles. The van der Waals surface area contributed by atoms with Crippen molar-refractivity contribution in [3.63, 3.8) is 0 Å². The van der Waals surface area contributed by atoms with E-state index in [1.807, 2.05) is 14.1 Å². The zero-order chi connectivity index (χ0) is 14.1. The number of carbonyl (C=O) groups excluding carboxylic acids is 1. The highest BCUT2D eigenvalue weighted by Crippen LogP contribution is 2.27. The number of hydrogen-bond donors (Lipinski definition) is 0. The van der Waals surface area contributed by atoms with Gasteiger partial charge in [-0.25, -0.2) is 0 Å².